The molecule has 3 N–H and O–H groups in total. The van der Waals surface area contributed by atoms with Gasteiger partial charge in [-0.2, -0.15) is 0 Å². The molecule has 3 aromatic rings. The van der Waals surface area contributed by atoms with Crippen LogP contribution in [0.2, 0.25) is 0 Å². The quantitative estimate of drug-likeness (QED) is 0.472. The Bertz CT molecular complexity index is 1220. The molecule has 0 spiro atoms. The van der Waals surface area contributed by atoms with E-state index in [0.717, 1.165) is 40.6 Å². The third-order valence-corrected chi connectivity index (χ3v) is 5.54. The highest BCUT2D eigenvalue weighted by atomic mass is 32.2. The van der Waals surface area contributed by atoms with Crippen LogP contribution in [0, 0.1) is 13.8 Å². The van der Waals surface area contributed by atoms with Crippen molar-refractivity contribution in [1.29, 1.82) is 0 Å². The van der Waals surface area contributed by atoms with Crippen LogP contribution < -0.4 is 16.2 Å². The Hall–Kier alpha value is -3.46. The van der Waals surface area contributed by atoms with Gasteiger partial charge in [0.05, 0.1) is 11.4 Å². The van der Waals surface area contributed by atoms with Crippen LogP contribution in [-0.4, -0.2) is 32.7 Å². The number of nitrogens with one attached hydrogen (secondary N) is 3. The molecule has 166 valence electrons. The lowest BCUT2D eigenvalue weighted by atomic mass is 10.0. The topological polar surface area (TPSA) is 117 Å². The van der Waals surface area contributed by atoms with Crippen molar-refractivity contribution >= 4 is 35.0 Å². The number of aromatic nitrogens is 3. The molecular weight excluding hydrogens is 426 g/mol. The van der Waals surface area contributed by atoms with Gasteiger partial charge in [0.1, 0.15) is 0 Å². The van der Waals surface area contributed by atoms with Gasteiger partial charge in [-0.15, -0.1) is 10.2 Å². The minimum Gasteiger partial charge on any atom is -0.325 e. The lowest BCUT2D eigenvalue weighted by molar-refractivity contribution is -0.114. The van der Waals surface area contributed by atoms with Gasteiger partial charge in [-0.25, -0.2) is 0 Å². The third kappa shape index (κ3) is 5.82. The van der Waals surface area contributed by atoms with Crippen LogP contribution in [0.25, 0.3) is 11.3 Å². The fourth-order valence-electron chi connectivity index (χ4n) is 3.26. The Morgan fingerprint density at radius 2 is 1.88 bits per heavy atom. The molecule has 2 aromatic carbocycles. The van der Waals surface area contributed by atoms with Crippen LogP contribution in [0.3, 0.4) is 0 Å². The smallest absolute Gasteiger partial charge is 0.278 e. The zero-order chi connectivity index (χ0) is 23.3. The van der Waals surface area contributed by atoms with E-state index in [9.17, 15) is 14.4 Å². The lowest BCUT2D eigenvalue weighted by Crippen LogP contribution is -2.18. The van der Waals surface area contributed by atoms with Crippen molar-refractivity contribution in [3.63, 3.8) is 0 Å². The molecule has 0 saturated carbocycles. The van der Waals surface area contributed by atoms with Gasteiger partial charge in [0, 0.05) is 18.2 Å². The predicted molar refractivity (Wildman–Crippen MR) is 127 cm³/mol. The van der Waals surface area contributed by atoms with Gasteiger partial charge in [0.2, 0.25) is 11.8 Å². The molecule has 0 atom stereocenters. The number of aryl methyl sites for hydroxylation is 3. The summed E-state index contributed by atoms with van der Waals surface area (Å²) in [6, 6.07) is 11.3. The molecule has 0 saturated heterocycles. The number of benzene rings is 2. The molecule has 0 aliphatic heterocycles. The van der Waals surface area contributed by atoms with Gasteiger partial charge in [0.25, 0.3) is 5.56 Å². The molecule has 3 rings (SSSR count). The monoisotopic (exact) mass is 451 g/mol. The first kappa shape index (κ1) is 23.2. The summed E-state index contributed by atoms with van der Waals surface area (Å²) in [6.07, 6.45) is 0.881. The van der Waals surface area contributed by atoms with Crippen LogP contribution in [0.5, 0.6) is 0 Å². The number of carbonyl (C=O) groups excluding carboxylic acids is 2. The van der Waals surface area contributed by atoms with Crippen molar-refractivity contribution in [2.24, 2.45) is 0 Å². The van der Waals surface area contributed by atoms with Gasteiger partial charge in [0.15, 0.2) is 10.9 Å². The number of rotatable bonds is 7. The number of H-pyrrole nitrogens is 1. The van der Waals surface area contributed by atoms with Gasteiger partial charge in [-0.1, -0.05) is 42.4 Å². The SMILES string of the molecule is CCc1cccc(NC(=O)CSc2nnc(-c3cc(C)cc(C)c3NC(C)=O)c(=O)[nH]2)c1. The molecular formula is C23H25N5O3S. The fraction of sp³-hybridized carbons (Fsp3) is 0.261. The van der Waals surface area contributed by atoms with Crippen LogP contribution >= 0.6 is 11.8 Å². The molecule has 0 radical (unpaired) electrons. The standard InChI is InChI=1S/C23H25N5O3S/c1-5-16-7-6-8-17(11-16)25-19(30)12-32-23-26-22(31)21(27-28-23)18-10-13(2)9-14(3)20(18)24-15(4)29/h6-11H,5,12H2,1-4H3,(H,24,29)(H,25,30)(H,26,28,31). The Morgan fingerprint density at radius 3 is 2.56 bits per heavy atom. The number of amides is 2. The highest BCUT2D eigenvalue weighted by Gasteiger charge is 2.16. The van der Waals surface area contributed by atoms with E-state index in [1.165, 1.54) is 6.92 Å². The Morgan fingerprint density at radius 1 is 1.09 bits per heavy atom. The Kier molecular flexibility index (Phi) is 7.42. The largest absolute Gasteiger partial charge is 0.325 e. The van der Waals surface area contributed by atoms with Gasteiger partial charge >= 0.3 is 0 Å². The van der Waals surface area contributed by atoms with E-state index in [0.29, 0.717) is 11.3 Å². The minimum atomic E-state index is -0.449. The van der Waals surface area contributed by atoms with Crippen molar-refractivity contribution in [3.05, 3.63) is 63.4 Å². The molecule has 0 aliphatic rings. The summed E-state index contributed by atoms with van der Waals surface area (Å²) in [7, 11) is 0. The summed E-state index contributed by atoms with van der Waals surface area (Å²) in [5.41, 5.74) is 4.28. The van der Waals surface area contributed by atoms with E-state index < -0.39 is 5.56 Å². The molecule has 0 bridgehead atoms. The van der Waals surface area contributed by atoms with E-state index in [2.05, 4.69) is 25.8 Å². The van der Waals surface area contributed by atoms with E-state index >= 15 is 0 Å². The Balaban J connectivity index is 1.75. The van der Waals surface area contributed by atoms with Crippen molar-refractivity contribution in [3.8, 4) is 11.3 Å². The first-order valence-electron chi connectivity index (χ1n) is 10.1. The summed E-state index contributed by atoms with van der Waals surface area (Å²) < 4.78 is 0. The highest BCUT2D eigenvalue weighted by Crippen LogP contribution is 2.29. The van der Waals surface area contributed by atoms with Crippen LogP contribution in [0.15, 0.2) is 46.3 Å². The van der Waals surface area contributed by atoms with Gasteiger partial charge < -0.3 is 10.6 Å². The minimum absolute atomic E-state index is 0.0705. The maximum absolute atomic E-state index is 12.7. The molecule has 0 fully saturated rings. The molecule has 1 aromatic heterocycles. The molecule has 32 heavy (non-hydrogen) atoms. The number of thioether (sulfide) groups is 1. The summed E-state index contributed by atoms with van der Waals surface area (Å²) in [5.74, 6) is -0.386. The maximum Gasteiger partial charge on any atom is 0.278 e. The van der Waals surface area contributed by atoms with Crippen LogP contribution in [-0.2, 0) is 16.0 Å². The van der Waals surface area contributed by atoms with Crippen molar-refractivity contribution in [2.75, 3.05) is 16.4 Å². The first-order chi connectivity index (χ1) is 15.3. The van der Waals surface area contributed by atoms with Crippen LogP contribution in [0.4, 0.5) is 11.4 Å². The highest BCUT2D eigenvalue weighted by molar-refractivity contribution is 7.99. The van der Waals surface area contributed by atoms with E-state index in [4.69, 9.17) is 0 Å². The number of hydrogen-bond donors (Lipinski definition) is 3. The second-order valence-corrected chi connectivity index (χ2v) is 8.35. The summed E-state index contributed by atoms with van der Waals surface area (Å²) in [4.78, 5) is 39.3. The van der Waals surface area contributed by atoms with Gasteiger partial charge in [-0.3, -0.25) is 19.4 Å². The zero-order valence-electron chi connectivity index (χ0n) is 18.4. The molecule has 2 amide bonds. The van der Waals surface area contributed by atoms with Crippen molar-refractivity contribution < 1.29 is 9.59 Å². The molecule has 1 heterocycles. The number of anilines is 2. The van der Waals surface area contributed by atoms with Crippen molar-refractivity contribution in [1.82, 2.24) is 15.2 Å². The zero-order valence-corrected chi connectivity index (χ0v) is 19.2. The number of hydrogen-bond acceptors (Lipinski definition) is 6. The normalized spacial score (nSPS) is 10.6. The summed E-state index contributed by atoms with van der Waals surface area (Å²) >= 11 is 1.09. The molecule has 0 unspecified atom stereocenters. The number of nitrogens with zero attached hydrogens (tertiary/aromatic N) is 2. The average molecular weight is 452 g/mol. The number of aromatic amines is 1. The first-order valence-corrected chi connectivity index (χ1v) is 11.1. The Labute approximate surface area is 190 Å². The van der Waals surface area contributed by atoms with E-state index in [1.807, 2.05) is 51.1 Å². The average Bonchev–Trinajstić information content (AvgIpc) is 2.74. The molecule has 9 heteroatoms. The van der Waals surface area contributed by atoms with Crippen molar-refractivity contribution in [2.45, 2.75) is 39.3 Å². The molecule has 0 aliphatic carbocycles. The second-order valence-electron chi connectivity index (χ2n) is 7.38. The summed E-state index contributed by atoms with van der Waals surface area (Å²) in [6.45, 7) is 7.20. The molecule has 8 nitrogen and oxygen atoms in total. The number of carbonyl (C=O) groups is 2. The van der Waals surface area contributed by atoms with E-state index in [1.54, 1.807) is 6.07 Å². The van der Waals surface area contributed by atoms with Gasteiger partial charge in [-0.05, 0) is 49.6 Å². The predicted octanol–water partition coefficient (Wildman–Crippen LogP) is 3.70. The second kappa shape index (κ2) is 10.2. The maximum atomic E-state index is 12.7. The third-order valence-electron chi connectivity index (χ3n) is 4.67. The van der Waals surface area contributed by atoms with E-state index in [-0.39, 0.29) is 28.4 Å². The van der Waals surface area contributed by atoms with Crippen LogP contribution in [0.1, 0.15) is 30.5 Å². The lowest BCUT2D eigenvalue weighted by Gasteiger charge is -2.13. The summed E-state index contributed by atoms with van der Waals surface area (Å²) in [5, 5.41) is 14.0. The fourth-order valence-corrected chi connectivity index (χ4v) is 3.86.